The molecule has 0 nitrogen and oxygen atoms in total. The first-order valence-corrected chi connectivity index (χ1v) is 6.86. The highest BCUT2D eigenvalue weighted by molar-refractivity contribution is 5.01. The quantitative estimate of drug-likeness (QED) is 0.532. The van der Waals surface area contributed by atoms with Crippen LogP contribution < -0.4 is 0 Å². The molecule has 2 rings (SSSR count). The summed E-state index contributed by atoms with van der Waals surface area (Å²) >= 11 is 0. The van der Waals surface area contributed by atoms with Crippen molar-refractivity contribution in [1.29, 1.82) is 0 Å². The maximum atomic E-state index is 2.58. The van der Waals surface area contributed by atoms with Crippen LogP contribution in [0.1, 0.15) is 66.7 Å². The summed E-state index contributed by atoms with van der Waals surface area (Å²) in [6.07, 6.45) is 7.33. The number of rotatable bonds is 0. The topological polar surface area (TPSA) is 0 Å². The highest BCUT2D eigenvalue weighted by Gasteiger charge is 2.51. The second kappa shape index (κ2) is 3.50. The third-order valence-corrected chi connectivity index (χ3v) is 5.80. The zero-order valence-electron chi connectivity index (χ0n) is 11.3. The van der Waals surface area contributed by atoms with Crippen LogP contribution in [-0.4, -0.2) is 0 Å². The Morgan fingerprint density at radius 1 is 0.933 bits per heavy atom. The summed E-state index contributed by atoms with van der Waals surface area (Å²) in [5, 5.41) is 0. The van der Waals surface area contributed by atoms with Gasteiger partial charge in [-0.25, -0.2) is 0 Å². The van der Waals surface area contributed by atoms with E-state index in [2.05, 4.69) is 34.6 Å². The first-order chi connectivity index (χ1) is 6.86. The molecule has 1 unspecified atom stereocenters. The molecular formula is C15H28. The van der Waals surface area contributed by atoms with Crippen molar-refractivity contribution in [2.45, 2.75) is 66.7 Å². The summed E-state index contributed by atoms with van der Waals surface area (Å²) < 4.78 is 0. The van der Waals surface area contributed by atoms with Crippen LogP contribution in [0.4, 0.5) is 0 Å². The van der Waals surface area contributed by atoms with Crippen LogP contribution >= 0.6 is 0 Å². The molecule has 2 aliphatic rings. The molecule has 0 aromatic heterocycles. The Morgan fingerprint density at radius 3 is 2.27 bits per heavy atom. The van der Waals surface area contributed by atoms with E-state index in [1.165, 1.54) is 32.1 Å². The Balaban J connectivity index is 2.31. The van der Waals surface area contributed by atoms with Crippen LogP contribution in [0.25, 0.3) is 0 Å². The molecule has 0 aromatic rings. The second-order valence-corrected chi connectivity index (χ2v) is 7.37. The van der Waals surface area contributed by atoms with Crippen LogP contribution in [0.5, 0.6) is 0 Å². The van der Waals surface area contributed by atoms with Crippen LogP contribution in [0, 0.1) is 28.6 Å². The fraction of sp³-hybridized carbons (Fsp3) is 1.00. The van der Waals surface area contributed by atoms with Crippen molar-refractivity contribution in [2.24, 2.45) is 28.6 Å². The lowest BCUT2D eigenvalue weighted by Crippen LogP contribution is -2.35. The molecule has 0 saturated heterocycles. The van der Waals surface area contributed by atoms with Gasteiger partial charge in [0.2, 0.25) is 0 Å². The van der Waals surface area contributed by atoms with Crippen molar-refractivity contribution in [3.63, 3.8) is 0 Å². The zero-order valence-corrected chi connectivity index (χ0v) is 11.3. The summed E-state index contributed by atoms with van der Waals surface area (Å²) in [6.45, 7) is 12.6. The minimum atomic E-state index is 0.579. The Morgan fingerprint density at radius 2 is 1.60 bits per heavy atom. The van der Waals surface area contributed by atoms with E-state index in [0.717, 1.165) is 17.8 Å². The van der Waals surface area contributed by atoms with Gasteiger partial charge in [-0.2, -0.15) is 0 Å². The van der Waals surface area contributed by atoms with Gasteiger partial charge in [-0.15, -0.1) is 0 Å². The Hall–Kier alpha value is 0. The van der Waals surface area contributed by atoms with E-state index in [-0.39, 0.29) is 0 Å². The molecule has 0 heteroatoms. The van der Waals surface area contributed by atoms with Crippen molar-refractivity contribution in [2.75, 3.05) is 0 Å². The van der Waals surface area contributed by atoms with Gasteiger partial charge in [0.15, 0.2) is 0 Å². The first kappa shape index (κ1) is 11.5. The molecule has 0 heterocycles. The third kappa shape index (κ3) is 1.74. The van der Waals surface area contributed by atoms with E-state index in [4.69, 9.17) is 0 Å². The fourth-order valence-electron chi connectivity index (χ4n) is 4.82. The highest BCUT2D eigenvalue weighted by Crippen LogP contribution is 2.60. The summed E-state index contributed by atoms with van der Waals surface area (Å²) in [6, 6.07) is 0. The largest absolute Gasteiger partial charge is 0.0625 e. The molecule has 2 saturated carbocycles. The fourth-order valence-corrected chi connectivity index (χ4v) is 4.82. The molecule has 0 radical (unpaired) electrons. The molecule has 4 atom stereocenters. The molecule has 88 valence electrons. The third-order valence-electron chi connectivity index (χ3n) is 5.80. The Bertz CT molecular complexity index is 240. The molecular weight excluding hydrogens is 180 g/mol. The number of hydrogen-bond donors (Lipinski definition) is 0. The van der Waals surface area contributed by atoms with Crippen LogP contribution in [0.15, 0.2) is 0 Å². The zero-order chi connectivity index (χ0) is 11.3. The monoisotopic (exact) mass is 208 g/mol. The van der Waals surface area contributed by atoms with Gasteiger partial charge in [0.05, 0.1) is 0 Å². The summed E-state index contributed by atoms with van der Waals surface area (Å²) in [4.78, 5) is 0. The van der Waals surface area contributed by atoms with Gasteiger partial charge in [-0.3, -0.25) is 0 Å². The van der Waals surface area contributed by atoms with Gasteiger partial charge < -0.3 is 0 Å². The maximum Gasteiger partial charge on any atom is -0.0267 e. The highest BCUT2D eigenvalue weighted by atomic mass is 14.6. The van der Waals surface area contributed by atoms with E-state index in [0.29, 0.717) is 10.8 Å². The second-order valence-electron chi connectivity index (χ2n) is 7.37. The molecule has 0 spiro atoms. The smallest absolute Gasteiger partial charge is 0.0267 e. The lowest BCUT2D eigenvalue weighted by molar-refractivity contribution is 0.0656. The standard InChI is InChI=1S/C15H28/c1-11-8-9-15(5)12(2)6-7-13(15)14(3,4)10-11/h11-13H,6-10H2,1-5H3/t11-,12-,13?,15-/m1/s1. The average molecular weight is 208 g/mol. The number of fused-ring (bicyclic) bond motifs is 1. The predicted octanol–water partition coefficient (Wildman–Crippen LogP) is 4.89. The maximum absolute atomic E-state index is 2.58. The van der Waals surface area contributed by atoms with Crippen molar-refractivity contribution >= 4 is 0 Å². The van der Waals surface area contributed by atoms with Gasteiger partial charge in [0.25, 0.3) is 0 Å². The number of hydrogen-bond acceptors (Lipinski definition) is 0. The molecule has 2 aliphatic carbocycles. The van der Waals surface area contributed by atoms with E-state index < -0.39 is 0 Å². The van der Waals surface area contributed by atoms with Crippen molar-refractivity contribution in [1.82, 2.24) is 0 Å². The van der Waals surface area contributed by atoms with Gasteiger partial charge in [0, 0.05) is 0 Å². The van der Waals surface area contributed by atoms with Crippen LogP contribution in [-0.2, 0) is 0 Å². The van der Waals surface area contributed by atoms with Gasteiger partial charge in [0.1, 0.15) is 0 Å². The molecule has 0 bridgehead atoms. The Kier molecular flexibility index (Phi) is 2.68. The van der Waals surface area contributed by atoms with Crippen molar-refractivity contribution in [3.05, 3.63) is 0 Å². The van der Waals surface area contributed by atoms with Gasteiger partial charge in [-0.1, -0.05) is 41.0 Å². The minimum Gasteiger partial charge on any atom is -0.0625 e. The lowest BCUT2D eigenvalue weighted by atomic mass is 9.63. The van der Waals surface area contributed by atoms with Crippen molar-refractivity contribution in [3.8, 4) is 0 Å². The first-order valence-electron chi connectivity index (χ1n) is 6.86. The normalized spacial score (nSPS) is 49.8. The molecule has 15 heavy (non-hydrogen) atoms. The van der Waals surface area contributed by atoms with Crippen LogP contribution in [0.3, 0.4) is 0 Å². The Labute approximate surface area is 95.8 Å². The summed E-state index contributed by atoms with van der Waals surface area (Å²) in [5.74, 6) is 2.87. The molecule has 2 fully saturated rings. The van der Waals surface area contributed by atoms with Crippen LogP contribution in [0.2, 0.25) is 0 Å². The summed E-state index contributed by atoms with van der Waals surface area (Å²) in [5.41, 5.74) is 1.23. The van der Waals surface area contributed by atoms with E-state index in [1.54, 1.807) is 0 Å². The molecule has 0 amide bonds. The average Bonchev–Trinajstić information content (AvgIpc) is 2.36. The SMILES string of the molecule is C[C@@H]1CC[C@@]2(C)C(CC[C@H]2C)C(C)(C)C1. The van der Waals surface area contributed by atoms with Crippen molar-refractivity contribution < 1.29 is 0 Å². The van der Waals surface area contributed by atoms with E-state index >= 15 is 0 Å². The molecule has 0 aromatic carbocycles. The molecule has 0 aliphatic heterocycles. The van der Waals surface area contributed by atoms with E-state index in [1.807, 2.05) is 0 Å². The van der Waals surface area contributed by atoms with Gasteiger partial charge >= 0.3 is 0 Å². The summed E-state index contributed by atoms with van der Waals surface area (Å²) in [7, 11) is 0. The predicted molar refractivity (Wildman–Crippen MR) is 66.8 cm³/mol. The minimum absolute atomic E-state index is 0.579. The van der Waals surface area contributed by atoms with Gasteiger partial charge in [-0.05, 0) is 54.3 Å². The lowest BCUT2D eigenvalue weighted by Gasteiger charge is -2.42. The molecule has 0 N–H and O–H groups in total. The van der Waals surface area contributed by atoms with E-state index in [9.17, 15) is 0 Å².